The lowest BCUT2D eigenvalue weighted by molar-refractivity contribution is 0.149. The fraction of sp³-hybridized carbons (Fsp3) is 0.500. The van der Waals surface area contributed by atoms with Gasteiger partial charge in [0.2, 0.25) is 0 Å². The van der Waals surface area contributed by atoms with Crippen LogP contribution in [0.4, 0.5) is 5.82 Å². The summed E-state index contributed by atoms with van der Waals surface area (Å²) in [5.41, 5.74) is 1.98. The molecule has 0 unspecified atom stereocenters. The van der Waals surface area contributed by atoms with Crippen molar-refractivity contribution in [3.8, 4) is 0 Å². The molecule has 6 heteroatoms. The Morgan fingerprint density at radius 1 is 1.39 bits per heavy atom. The third-order valence-electron chi connectivity index (χ3n) is 2.62. The molecular weight excluding hydrogens is 252 g/mol. The maximum atomic E-state index is 5.52. The highest BCUT2D eigenvalue weighted by Gasteiger charge is 2.05. The summed E-state index contributed by atoms with van der Waals surface area (Å²) in [4.78, 5) is 8.64. The van der Waals surface area contributed by atoms with Crippen LogP contribution < -0.4 is 5.32 Å². The number of pyridine rings is 1. The number of aryl methyl sites for hydroxylation is 1. The fourth-order valence-electron chi connectivity index (χ4n) is 1.73. The molecule has 0 aromatic carbocycles. The van der Waals surface area contributed by atoms with Crippen LogP contribution in [-0.2, 0) is 11.8 Å². The molecule has 0 amide bonds. The molecule has 5 nitrogen and oxygen atoms in total. The number of anilines is 1. The standard InChI is InChI=1S/C12H17ClN4O/c1-17-9-16-11-10(17)3-6-15-12(11)14-5-2-7-18-8-4-13/h3,6,9H,2,4-5,7-8H2,1H3,(H,14,15). The zero-order chi connectivity index (χ0) is 12.8. The minimum atomic E-state index is 0.544. The van der Waals surface area contributed by atoms with Crippen molar-refractivity contribution in [1.29, 1.82) is 0 Å². The van der Waals surface area contributed by atoms with Crippen molar-refractivity contribution in [1.82, 2.24) is 14.5 Å². The van der Waals surface area contributed by atoms with E-state index in [4.69, 9.17) is 16.3 Å². The third kappa shape index (κ3) is 3.11. The van der Waals surface area contributed by atoms with Gasteiger partial charge in [0.15, 0.2) is 5.82 Å². The third-order valence-corrected chi connectivity index (χ3v) is 2.78. The summed E-state index contributed by atoms with van der Waals surface area (Å²) in [7, 11) is 1.97. The number of halogens is 1. The first-order chi connectivity index (χ1) is 8.83. The van der Waals surface area contributed by atoms with Crippen LogP contribution in [-0.4, -0.2) is 40.2 Å². The Morgan fingerprint density at radius 2 is 2.28 bits per heavy atom. The number of ether oxygens (including phenoxy) is 1. The largest absolute Gasteiger partial charge is 0.380 e. The topological polar surface area (TPSA) is 52.0 Å². The number of hydrogen-bond acceptors (Lipinski definition) is 4. The molecule has 0 aliphatic carbocycles. The first-order valence-electron chi connectivity index (χ1n) is 5.96. The molecule has 0 aliphatic rings. The van der Waals surface area contributed by atoms with Gasteiger partial charge < -0.3 is 14.6 Å². The Bertz CT molecular complexity index is 500. The summed E-state index contributed by atoms with van der Waals surface area (Å²) in [6, 6.07) is 1.96. The number of imidazole rings is 1. The van der Waals surface area contributed by atoms with E-state index in [0.29, 0.717) is 19.1 Å². The molecule has 0 aliphatic heterocycles. The Balaban J connectivity index is 1.88. The molecule has 0 bridgehead atoms. The first-order valence-corrected chi connectivity index (χ1v) is 6.50. The summed E-state index contributed by atoms with van der Waals surface area (Å²) < 4.78 is 7.28. The molecular formula is C12H17ClN4O. The van der Waals surface area contributed by atoms with E-state index in [-0.39, 0.29) is 0 Å². The Hall–Kier alpha value is -1.33. The van der Waals surface area contributed by atoms with Gasteiger partial charge in [-0.3, -0.25) is 0 Å². The Kier molecular flexibility index (Phi) is 4.78. The SMILES string of the molecule is Cn1cnc2c(NCCCOCCCl)nccc21. The van der Waals surface area contributed by atoms with Crippen LogP contribution in [0.1, 0.15) is 6.42 Å². The normalized spacial score (nSPS) is 11.0. The monoisotopic (exact) mass is 268 g/mol. The zero-order valence-electron chi connectivity index (χ0n) is 10.4. The molecule has 0 fully saturated rings. The highest BCUT2D eigenvalue weighted by molar-refractivity contribution is 6.17. The smallest absolute Gasteiger partial charge is 0.154 e. The van der Waals surface area contributed by atoms with Crippen molar-refractivity contribution in [3.63, 3.8) is 0 Å². The van der Waals surface area contributed by atoms with Gasteiger partial charge in [0, 0.05) is 32.3 Å². The lowest BCUT2D eigenvalue weighted by Crippen LogP contribution is -2.08. The van der Waals surface area contributed by atoms with Gasteiger partial charge in [-0.1, -0.05) is 0 Å². The molecule has 18 heavy (non-hydrogen) atoms. The summed E-state index contributed by atoms with van der Waals surface area (Å²) >= 11 is 5.52. The van der Waals surface area contributed by atoms with Crippen LogP contribution in [0.2, 0.25) is 0 Å². The van der Waals surface area contributed by atoms with Crippen molar-refractivity contribution < 1.29 is 4.74 Å². The van der Waals surface area contributed by atoms with Crippen LogP contribution >= 0.6 is 11.6 Å². The summed E-state index contributed by atoms with van der Waals surface area (Å²) in [6.45, 7) is 2.12. The Morgan fingerprint density at radius 3 is 3.11 bits per heavy atom. The van der Waals surface area contributed by atoms with E-state index in [9.17, 15) is 0 Å². The molecule has 98 valence electrons. The number of aromatic nitrogens is 3. The lowest BCUT2D eigenvalue weighted by Gasteiger charge is -2.06. The van der Waals surface area contributed by atoms with E-state index in [1.54, 1.807) is 12.5 Å². The summed E-state index contributed by atoms with van der Waals surface area (Å²) in [6.07, 6.45) is 4.50. The van der Waals surface area contributed by atoms with Gasteiger partial charge in [-0.2, -0.15) is 0 Å². The second-order valence-electron chi connectivity index (χ2n) is 3.96. The van der Waals surface area contributed by atoms with Gasteiger partial charge in [-0.25, -0.2) is 9.97 Å². The number of fused-ring (bicyclic) bond motifs is 1. The number of rotatable bonds is 7. The number of alkyl halides is 1. The van der Waals surface area contributed by atoms with Crippen molar-refractivity contribution in [2.45, 2.75) is 6.42 Å². The second kappa shape index (κ2) is 6.56. The molecule has 0 saturated heterocycles. The molecule has 1 N–H and O–H groups in total. The van der Waals surface area contributed by atoms with E-state index in [1.807, 2.05) is 17.7 Å². The number of nitrogens with zero attached hydrogens (tertiary/aromatic N) is 3. The fourth-order valence-corrected chi connectivity index (χ4v) is 1.84. The van der Waals surface area contributed by atoms with Crippen molar-refractivity contribution in [3.05, 3.63) is 18.6 Å². The van der Waals surface area contributed by atoms with Crippen LogP contribution in [0.5, 0.6) is 0 Å². The van der Waals surface area contributed by atoms with Gasteiger partial charge in [0.05, 0.1) is 18.5 Å². The average molecular weight is 269 g/mol. The number of nitrogens with one attached hydrogen (secondary N) is 1. The van der Waals surface area contributed by atoms with Gasteiger partial charge in [-0.05, 0) is 12.5 Å². The maximum absolute atomic E-state index is 5.52. The highest BCUT2D eigenvalue weighted by Crippen LogP contribution is 2.18. The van der Waals surface area contributed by atoms with E-state index in [2.05, 4.69) is 15.3 Å². The number of hydrogen-bond donors (Lipinski definition) is 1. The Labute approximate surface area is 111 Å². The van der Waals surface area contributed by atoms with E-state index < -0.39 is 0 Å². The minimum absolute atomic E-state index is 0.544. The molecule has 0 radical (unpaired) electrons. The molecule has 2 heterocycles. The average Bonchev–Trinajstić information content (AvgIpc) is 2.77. The summed E-state index contributed by atoms with van der Waals surface area (Å²) in [5.74, 6) is 1.37. The highest BCUT2D eigenvalue weighted by atomic mass is 35.5. The maximum Gasteiger partial charge on any atom is 0.154 e. The van der Waals surface area contributed by atoms with Crippen LogP contribution in [0, 0.1) is 0 Å². The quantitative estimate of drug-likeness (QED) is 0.617. The molecule has 0 saturated carbocycles. The molecule has 0 spiro atoms. The summed E-state index contributed by atoms with van der Waals surface area (Å²) in [5, 5.41) is 3.28. The minimum Gasteiger partial charge on any atom is -0.380 e. The predicted octanol–water partition coefficient (Wildman–Crippen LogP) is 2.03. The molecule has 2 aromatic heterocycles. The van der Waals surface area contributed by atoms with Gasteiger partial charge >= 0.3 is 0 Å². The van der Waals surface area contributed by atoms with E-state index in [1.165, 1.54) is 0 Å². The molecule has 2 rings (SSSR count). The predicted molar refractivity (Wildman–Crippen MR) is 73.2 cm³/mol. The van der Waals surface area contributed by atoms with Crippen LogP contribution in [0.25, 0.3) is 11.0 Å². The van der Waals surface area contributed by atoms with Crippen LogP contribution in [0.15, 0.2) is 18.6 Å². The second-order valence-corrected chi connectivity index (χ2v) is 4.34. The molecule has 2 aromatic rings. The van der Waals surface area contributed by atoms with Gasteiger partial charge in [0.25, 0.3) is 0 Å². The molecule has 0 atom stereocenters. The van der Waals surface area contributed by atoms with Gasteiger partial charge in [-0.15, -0.1) is 11.6 Å². The van der Waals surface area contributed by atoms with E-state index >= 15 is 0 Å². The zero-order valence-corrected chi connectivity index (χ0v) is 11.2. The van der Waals surface area contributed by atoms with Gasteiger partial charge in [0.1, 0.15) is 5.52 Å². The first kappa shape index (κ1) is 13.1. The lowest BCUT2D eigenvalue weighted by atomic mass is 10.3. The van der Waals surface area contributed by atoms with Crippen molar-refractivity contribution >= 4 is 28.5 Å². The van der Waals surface area contributed by atoms with Crippen molar-refractivity contribution in [2.75, 3.05) is 31.0 Å². The van der Waals surface area contributed by atoms with Crippen molar-refractivity contribution in [2.24, 2.45) is 7.05 Å². The van der Waals surface area contributed by atoms with E-state index in [0.717, 1.165) is 29.8 Å². The van der Waals surface area contributed by atoms with Crippen LogP contribution in [0.3, 0.4) is 0 Å².